The minimum Gasteiger partial charge on any atom is -0.480 e. The number of carbonyl (C=O) groups excluding carboxylic acids is 1. The van der Waals surface area contributed by atoms with Gasteiger partial charge in [0.1, 0.15) is 5.54 Å². The fraction of sp³-hybridized carbons (Fsp3) is 0.833. The molecule has 0 spiro atoms. The number of hydrogen-bond acceptors (Lipinski definition) is 4. The van der Waals surface area contributed by atoms with Crippen molar-refractivity contribution in [1.29, 1.82) is 0 Å². The van der Waals surface area contributed by atoms with E-state index in [0.29, 0.717) is 45.4 Å². The van der Waals surface area contributed by atoms with Gasteiger partial charge in [0.15, 0.2) is 0 Å². The van der Waals surface area contributed by atoms with E-state index in [4.69, 9.17) is 5.53 Å². The topological polar surface area (TPSA) is 122 Å². The molecular formula is C12H22N6O3. The molecule has 0 unspecified atom stereocenters. The summed E-state index contributed by atoms with van der Waals surface area (Å²) in [5, 5.41) is 15.9. The molecule has 0 atom stereocenters. The molecule has 2 N–H and O–H groups in total. The van der Waals surface area contributed by atoms with Crippen LogP contribution in [0.25, 0.3) is 10.4 Å². The molecule has 1 aliphatic heterocycles. The third kappa shape index (κ3) is 4.51. The average molecular weight is 298 g/mol. The van der Waals surface area contributed by atoms with Crippen molar-refractivity contribution in [2.75, 3.05) is 40.3 Å². The van der Waals surface area contributed by atoms with Crippen LogP contribution in [0.3, 0.4) is 0 Å². The van der Waals surface area contributed by atoms with Gasteiger partial charge in [0, 0.05) is 38.6 Å². The summed E-state index contributed by atoms with van der Waals surface area (Å²) < 4.78 is 0. The van der Waals surface area contributed by atoms with Crippen molar-refractivity contribution in [3.05, 3.63) is 10.4 Å². The van der Waals surface area contributed by atoms with E-state index >= 15 is 0 Å². The molecule has 1 heterocycles. The van der Waals surface area contributed by atoms with E-state index in [1.165, 1.54) is 4.90 Å². The molecule has 0 aliphatic carbocycles. The number of amides is 2. The molecule has 0 aromatic heterocycles. The highest BCUT2D eigenvalue weighted by Crippen LogP contribution is 2.23. The predicted molar refractivity (Wildman–Crippen MR) is 76.9 cm³/mol. The van der Waals surface area contributed by atoms with Crippen LogP contribution in [-0.2, 0) is 4.79 Å². The molecule has 1 aliphatic rings. The summed E-state index contributed by atoms with van der Waals surface area (Å²) >= 11 is 0. The average Bonchev–Trinajstić information content (AvgIpc) is 2.46. The van der Waals surface area contributed by atoms with Gasteiger partial charge in [-0.1, -0.05) is 5.11 Å². The minimum atomic E-state index is -1.00. The zero-order valence-corrected chi connectivity index (χ0v) is 12.4. The molecule has 21 heavy (non-hydrogen) atoms. The van der Waals surface area contributed by atoms with Gasteiger partial charge in [-0.05, 0) is 31.3 Å². The summed E-state index contributed by atoms with van der Waals surface area (Å²) in [6.07, 6.45) is 1.31. The van der Waals surface area contributed by atoms with Gasteiger partial charge in [-0.25, -0.2) is 4.79 Å². The van der Waals surface area contributed by atoms with Crippen LogP contribution in [0.4, 0.5) is 4.79 Å². The van der Waals surface area contributed by atoms with Crippen LogP contribution in [0.2, 0.25) is 0 Å². The van der Waals surface area contributed by atoms with Gasteiger partial charge in [-0.15, -0.1) is 0 Å². The molecule has 2 amide bonds. The van der Waals surface area contributed by atoms with Gasteiger partial charge in [0.25, 0.3) is 0 Å². The van der Waals surface area contributed by atoms with Gasteiger partial charge in [-0.2, -0.15) is 0 Å². The second-order valence-electron chi connectivity index (χ2n) is 5.29. The van der Waals surface area contributed by atoms with Crippen LogP contribution in [0.15, 0.2) is 5.11 Å². The predicted octanol–water partition coefficient (Wildman–Crippen LogP) is 0.877. The number of hydrogen-bond donors (Lipinski definition) is 2. The van der Waals surface area contributed by atoms with Crippen molar-refractivity contribution in [3.63, 3.8) is 0 Å². The number of azide groups is 1. The Kier molecular flexibility index (Phi) is 6.26. The highest BCUT2D eigenvalue weighted by Gasteiger charge is 2.42. The normalized spacial score (nSPS) is 17.0. The van der Waals surface area contributed by atoms with Crippen molar-refractivity contribution in [1.82, 2.24) is 15.1 Å². The number of nitrogens with one attached hydrogen (secondary N) is 1. The first kappa shape index (κ1) is 17.1. The van der Waals surface area contributed by atoms with Crippen LogP contribution in [0, 0.1) is 0 Å². The highest BCUT2D eigenvalue weighted by atomic mass is 16.4. The second-order valence-corrected chi connectivity index (χ2v) is 5.29. The van der Waals surface area contributed by atoms with Crippen molar-refractivity contribution in [2.24, 2.45) is 5.11 Å². The first-order valence-corrected chi connectivity index (χ1v) is 6.88. The lowest BCUT2D eigenvalue weighted by molar-refractivity contribution is -0.146. The number of urea groups is 1. The van der Waals surface area contributed by atoms with Crippen molar-refractivity contribution >= 4 is 12.0 Å². The minimum absolute atomic E-state index is 0.0997. The zero-order chi connectivity index (χ0) is 15.9. The van der Waals surface area contributed by atoms with Crippen LogP contribution in [0.1, 0.15) is 19.3 Å². The zero-order valence-electron chi connectivity index (χ0n) is 12.4. The maximum Gasteiger partial charge on any atom is 0.324 e. The maximum absolute atomic E-state index is 11.8. The maximum atomic E-state index is 11.8. The van der Waals surface area contributed by atoms with Gasteiger partial charge in [-0.3, -0.25) is 4.79 Å². The van der Waals surface area contributed by atoms with Gasteiger partial charge in [0.2, 0.25) is 0 Å². The van der Waals surface area contributed by atoms with Crippen LogP contribution in [0.5, 0.6) is 0 Å². The van der Waals surface area contributed by atoms with Crippen molar-refractivity contribution in [2.45, 2.75) is 24.8 Å². The van der Waals surface area contributed by atoms with Crippen LogP contribution < -0.4 is 5.32 Å². The number of carboxylic acid groups (broad SMARTS) is 1. The summed E-state index contributed by atoms with van der Waals surface area (Å²) in [6.45, 7) is 1.62. The number of carbonyl (C=O) groups is 2. The number of nitrogens with zero attached hydrogens (tertiary/aromatic N) is 5. The summed E-state index contributed by atoms with van der Waals surface area (Å²) in [6, 6.07) is -0.0997. The molecule has 0 bridgehead atoms. The molecule has 0 saturated carbocycles. The first-order valence-electron chi connectivity index (χ1n) is 6.88. The highest BCUT2D eigenvalue weighted by molar-refractivity contribution is 5.80. The lowest BCUT2D eigenvalue weighted by Crippen LogP contribution is -2.60. The summed E-state index contributed by atoms with van der Waals surface area (Å²) in [4.78, 5) is 29.2. The number of aliphatic carboxylic acids is 1. The lowest BCUT2D eigenvalue weighted by Gasteiger charge is -2.40. The fourth-order valence-corrected chi connectivity index (χ4v) is 2.35. The largest absolute Gasteiger partial charge is 0.480 e. The molecule has 0 radical (unpaired) electrons. The fourth-order valence-electron chi connectivity index (χ4n) is 2.35. The quantitative estimate of drug-likeness (QED) is 0.327. The standard InChI is InChI=1S/C12H22N6O3/c1-17(2)11(21)18-8-4-12(5-9-18,10(19)20)14-6-3-7-15-16-13/h14H,3-9H2,1-2H3,(H,19,20). The van der Waals surface area contributed by atoms with E-state index in [0.717, 1.165) is 0 Å². The lowest BCUT2D eigenvalue weighted by atomic mass is 9.87. The molecule has 1 fully saturated rings. The third-order valence-corrected chi connectivity index (χ3v) is 3.64. The SMILES string of the molecule is CN(C)C(=O)N1CCC(NCCCN=[N+]=[N-])(C(=O)O)CC1. The van der Waals surface area contributed by atoms with Gasteiger partial charge < -0.3 is 20.2 Å². The number of likely N-dealkylation sites (tertiary alicyclic amines) is 1. The second kappa shape index (κ2) is 7.70. The smallest absolute Gasteiger partial charge is 0.324 e. The summed E-state index contributed by atoms with van der Waals surface area (Å²) in [7, 11) is 3.35. The Morgan fingerprint density at radius 1 is 1.43 bits per heavy atom. The Morgan fingerprint density at radius 2 is 2.05 bits per heavy atom. The third-order valence-electron chi connectivity index (χ3n) is 3.64. The van der Waals surface area contributed by atoms with Crippen molar-refractivity contribution < 1.29 is 14.7 Å². The van der Waals surface area contributed by atoms with E-state index in [1.807, 2.05) is 0 Å². The van der Waals surface area contributed by atoms with E-state index < -0.39 is 11.5 Å². The molecule has 1 rings (SSSR count). The van der Waals surface area contributed by atoms with E-state index in [9.17, 15) is 14.7 Å². The molecule has 9 nitrogen and oxygen atoms in total. The van der Waals surface area contributed by atoms with Gasteiger partial charge in [0.05, 0.1) is 0 Å². The molecule has 0 aromatic rings. The first-order chi connectivity index (χ1) is 9.93. The van der Waals surface area contributed by atoms with E-state index in [2.05, 4.69) is 15.3 Å². The number of piperidine rings is 1. The van der Waals surface area contributed by atoms with Crippen LogP contribution in [-0.4, -0.2) is 72.7 Å². The van der Waals surface area contributed by atoms with E-state index in [-0.39, 0.29) is 6.03 Å². The van der Waals surface area contributed by atoms with Crippen molar-refractivity contribution in [3.8, 4) is 0 Å². The van der Waals surface area contributed by atoms with Gasteiger partial charge >= 0.3 is 12.0 Å². The molecule has 9 heteroatoms. The Morgan fingerprint density at radius 3 is 2.52 bits per heavy atom. The van der Waals surface area contributed by atoms with E-state index in [1.54, 1.807) is 19.0 Å². The molecule has 118 valence electrons. The summed E-state index contributed by atoms with van der Waals surface area (Å²) in [5.41, 5.74) is 7.18. The molecule has 1 saturated heterocycles. The number of rotatable bonds is 6. The molecular weight excluding hydrogens is 276 g/mol. The Balaban J connectivity index is 2.54. The molecule has 0 aromatic carbocycles. The Hall–Kier alpha value is -1.99. The monoisotopic (exact) mass is 298 g/mol. The van der Waals surface area contributed by atoms with Crippen LogP contribution >= 0.6 is 0 Å². The Bertz CT molecular complexity index is 425. The summed E-state index contributed by atoms with van der Waals surface area (Å²) in [5.74, 6) is -0.900. The Labute approximate surface area is 123 Å². The number of carboxylic acids is 1.